The van der Waals surface area contributed by atoms with E-state index in [2.05, 4.69) is 24.4 Å². The van der Waals surface area contributed by atoms with Crippen molar-refractivity contribution in [1.29, 1.82) is 0 Å². The first-order valence-corrected chi connectivity index (χ1v) is 5.14. The number of hydrogen-bond donors (Lipinski definition) is 2. The molecule has 1 rings (SSSR count). The Balaban J connectivity index is 2.27. The highest BCUT2D eigenvalue weighted by Crippen LogP contribution is 2.01. The lowest BCUT2D eigenvalue weighted by atomic mass is 10.1. The van der Waals surface area contributed by atoms with Crippen LogP contribution < -0.4 is 5.32 Å². The van der Waals surface area contributed by atoms with Crippen LogP contribution in [0.2, 0.25) is 0 Å². The molecule has 0 bridgehead atoms. The van der Waals surface area contributed by atoms with Gasteiger partial charge in [-0.15, -0.1) is 0 Å². The van der Waals surface area contributed by atoms with E-state index in [9.17, 15) is 5.11 Å². The molecule has 1 aromatic rings. The second-order valence-corrected chi connectivity index (χ2v) is 3.85. The number of aliphatic hydroxyl groups excluding tert-OH is 1. The maximum Gasteiger partial charge on any atom is 0.0526 e. The molecule has 2 heteroatoms. The summed E-state index contributed by atoms with van der Waals surface area (Å²) in [4.78, 5) is 0. The Morgan fingerprint density at radius 2 is 1.86 bits per heavy atom. The van der Waals surface area contributed by atoms with E-state index in [1.54, 1.807) is 0 Å². The van der Waals surface area contributed by atoms with Gasteiger partial charge < -0.3 is 10.4 Å². The monoisotopic (exact) mass is 193 g/mol. The maximum atomic E-state index is 9.18. The zero-order chi connectivity index (χ0) is 10.4. The quantitative estimate of drug-likeness (QED) is 0.749. The average molecular weight is 193 g/mol. The molecule has 0 saturated carbocycles. The Morgan fingerprint density at radius 3 is 2.43 bits per heavy atom. The zero-order valence-electron chi connectivity index (χ0n) is 8.90. The lowest BCUT2D eigenvalue weighted by Gasteiger charge is -2.15. The van der Waals surface area contributed by atoms with Gasteiger partial charge in [-0.25, -0.2) is 0 Å². The fourth-order valence-corrected chi connectivity index (χ4v) is 1.48. The molecule has 0 radical (unpaired) electrons. The lowest BCUT2D eigenvalue weighted by Crippen LogP contribution is -2.28. The Kier molecular flexibility index (Phi) is 4.63. The fourth-order valence-electron chi connectivity index (χ4n) is 1.48. The van der Waals surface area contributed by atoms with Gasteiger partial charge in [0.05, 0.1) is 6.10 Å². The van der Waals surface area contributed by atoms with Crippen molar-refractivity contribution in [3.05, 3.63) is 35.9 Å². The number of aliphatic hydroxyl groups is 1. The Bertz CT molecular complexity index is 246. The van der Waals surface area contributed by atoms with Crippen LogP contribution >= 0.6 is 0 Å². The summed E-state index contributed by atoms with van der Waals surface area (Å²) in [6.45, 7) is 4.78. The summed E-state index contributed by atoms with van der Waals surface area (Å²) < 4.78 is 0. The van der Waals surface area contributed by atoms with Crippen molar-refractivity contribution in [2.24, 2.45) is 0 Å². The van der Waals surface area contributed by atoms with E-state index in [0.29, 0.717) is 6.04 Å². The minimum absolute atomic E-state index is 0.228. The van der Waals surface area contributed by atoms with Gasteiger partial charge in [0.2, 0.25) is 0 Å². The molecule has 2 atom stereocenters. The Morgan fingerprint density at radius 1 is 1.21 bits per heavy atom. The molecule has 0 aliphatic heterocycles. The van der Waals surface area contributed by atoms with Gasteiger partial charge in [-0.2, -0.15) is 0 Å². The van der Waals surface area contributed by atoms with Crippen molar-refractivity contribution in [3.63, 3.8) is 0 Å². The summed E-state index contributed by atoms with van der Waals surface area (Å²) in [6.07, 6.45) is 0.570. The van der Waals surface area contributed by atoms with Crippen LogP contribution in [0.1, 0.15) is 25.8 Å². The molecule has 1 aromatic carbocycles. The SMILES string of the molecule is C[C@H](C[C@@H](C)O)NCc1ccccc1. The molecule has 2 nitrogen and oxygen atoms in total. The Labute approximate surface area is 86.0 Å². The molecule has 0 unspecified atom stereocenters. The second kappa shape index (κ2) is 5.78. The third kappa shape index (κ3) is 4.40. The predicted octanol–water partition coefficient (Wildman–Crippen LogP) is 1.94. The molecule has 0 amide bonds. The van der Waals surface area contributed by atoms with E-state index in [4.69, 9.17) is 0 Å². The highest BCUT2D eigenvalue weighted by Gasteiger charge is 2.04. The van der Waals surface area contributed by atoms with Gasteiger partial charge in [-0.3, -0.25) is 0 Å². The second-order valence-electron chi connectivity index (χ2n) is 3.85. The fraction of sp³-hybridized carbons (Fsp3) is 0.500. The molecule has 0 heterocycles. The summed E-state index contributed by atoms with van der Waals surface area (Å²) in [5.74, 6) is 0. The van der Waals surface area contributed by atoms with Crippen molar-refractivity contribution >= 4 is 0 Å². The van der Waals surface area contributed by atoms with E-state index < -0.39 is 0 Å². The van der Waals surface area contributed by atoms with Crippen LogP contribution in [0.5, 0.6) is 0 Å². The molecule has 0 aliphatic carbocycles. The topological polar surface area (TPSA) is 32.3 Å². The predicted molar refractivity (Wildman–Crippen MR) is 59.0 cm³/mol. The van der Waals surface area contributed by atoms with Crippen molar-refractivity contribution < 1.29 is 5.11 Å². The van der Waals surface area contributed by atoms with Crippen LogP contribution in [0.25, 0.3) is 0 Å². The van der Waals surface area contributed by atoms with Gasteiger partial charge in [0.1, 0.15) is 0 Å². The zero-order valence-corrected chi connectivity index (χ0v) is 8.90. The first-order valence-electron chi connectivity index (χ1n) is 5.14. The van der Waals surface area contributed by atoms with Crippen molar-refractivity contribution in [2.75, 3.05) is 0 Å². The van der Waals surface area contributed by atoms with E-state index in [-0.39, 0.29) is 6.10 Å². The van der Waals surface area contributed by atoms with Crippen molar-refractivity contribution in [3.8, 4) is 0 Å². The largest absolute Gasteiger partial charge is 0.393 e. The van der Waals surface area contributed by atoms with E-state index >= 15 is 0 Å². The van der Waals surface area contributed by atoms with Crippen LogP contribution in [-0.2, 0) is 6.54 Å². The highest BCUT2D eigenvalue weighted by molar-refractivity contribution is 5.14. The Hall–Kier alpha value is -0.860. The standard InChI is InChI=1S/C12H19NO/c1-10(8-11(2)14)13-9-12-6-4-3-5-7-12/h3-7,10-11,13-14H,8-9H2,1-2H3/t10-,11-/m1/s1. The van der Waals surface area contributed by atoms with Crippen molar-refractivity contribution in [1.82, 2.24) is 5.32 Å². The van der Waals surface area contributed by atoms with Crippen LogP contribution in [0.3, 0.4) is 0 Å². The summed E-state index contributed by atoms with van der Waals surface area (Å²) in [6, 6.07) is 10.6. The number of benzene rings is 1. The van der Waals surface area contributed by atoms with E-state index in [0.717, 1.165) is 13.0 Å². The van der Waals surface area contributed by atoms with Crippen LogP contribution in [0.15, 0.2) is 30.3 Å². The van der Waals surface area contributed by atoms with Crippen LogP contribution in [0.4, 0.5) is 0 Å². The van der Waals surface area contributed by atoms with Gasteiger partial charge in [0, 0.05) is 12.6 Å². The molecule has 78 valence electrons. The molecular weight excluding hydrogens is 174 g/mol. The van der Waals surface area contributed by atoms with E-state index in [1.165, 1.54) is 5.56 Å². The number of nitrogens with one attached hydrogen (secondary N) is 1. The van der Waals surface area contributed by atoms with Crippen LogP contribution in [0, 0.1) is 0 Å². The van der Waals surface area contributed by atoms with Gasteiger partial charge in [-0.1, -0.05) is 30.3 Å². The summed E-state index contributed by atoms with van der Waals surface area (Å²) >= 11 is 0. The third-order valence-electron chi connectivity index (χ3n) is 2.19. The van der Waals surface area contributed by atoms with Crippen molar-refractivity contribution in [2.45, 2.75) is 39.0 Å². The molecule has 0 spiro atoms. The summed E-state index contributed by atoms with van der Waals surface area (Å²) in [5, 5.41) is 12.6. The lowest BCUT2D eigenvalue weighted by molar-refractivity contribution is 0.170. The van der Waals surface area contributed by atoms with E-state index in [1.807, 2.05) is 25.1 Å². The minimum Gasteiger partial charge on any atom is -0.393 e. The highest BCUT2D eigenvalue weighted by atomic mass is 16.3. The van der Waals surface area contributed by atoms with Gasteiger partial charge in [0.15, 0.2) is 0 Å². The van der Waals surface area contributed by atoms with Gasteiger partial charge in [0.25, 0.3) is 0 Å². The molecule has 0 aliphatic rings. The average Bonchev–Trinajstić information content (AvgIpc) is 2.15. The molecule has 0 fully saturated rings. The smallest absolute Gasteiger partial charge is 0.0526 e. The van der Waals surface area contributed by atoms with Crippen LogP contribution in [-0.4, -0.2) is 17.3 Å². The number of rotatable bonds is 5. The molecule has 0 saturated heterocycles. The maximum absolute atomic E-state index is 9.18. The molecule has 0 aromatic heterocycles. The molecule has 14 heavy (non-hydrogen) atoms. The van der Waals surface area contributed by atoms with Gasteiger partial charge >= 0.3 is 0 Å². The molecular formula is C12H19NO. The third-order valence-corrected chi connectivity index (χ3v) is 2.19. The molecule has 2 N–H and O–H groups in total. The summed E-state index contributed by atoms with van der Waals surface area (Å²) in [5.41, 5.74) is 1.28. The summed E-state index contributed by atoms with van der Waals surface area (Å²) in [7, 11) is 0. The van der Waals surface area contributed by atoms with Gasteiger partial charge in [-0.05, 0) is 25.8 Å². The minimum atomic E-state index is -0.228. The number of hydrogen-bond acceptors (Lipinski definition) is 2. The normalized spacial score (nSPS) is 15.1. The first kappa shape index (κ1) is 11.2. The first-order chi connectivity index (χ1) is 6.68.